The van der Waals surface area contributed by atoms with Gasteiger partial charge in [-0.05, 0) is 44.2 Å². The molecule has 0 saturated carbocycles. The number of benzene rings is 3. The zero-order valence-corrected chi connectivity index (χ0v) is 15.3. The molecule has 3 heteroatoms. The fraction of sp³-hybridized carbons (Fsp3) is 0.174. The van der Waals surface area contributed by atoms with Gasteiger partial charge in [-0.3, -0.25) is 0 Å². The van der Waals surface area contributed by atoms with E-state index < -0.39 is 0 Å². The lowest BCUT2D eigenvalue weighted by Gasteiger charge is -2.21. The average molecular weight is 342 g/mol. The summed E-state index contributed by atoms with van der Waals surface area (Å²) in [4.78, 5) is 2.37. The Morgan fingerprint density at radius 2 is 1.42 bits per heavy atom. The molecule has 0 fully saturated rings. The average Bonchev–Trinajstić information content (AvgIpc) is 2.68. The molecule has 0 radical (unpaired) electrons. The van der Waals surface area contributed by atoms with Gasteiger partial charge in [-0.15, -0.1) is 0 Å². The van der Waals surface area contributed by atoms with Crippen LogP contribution in [0.5, 0.6) is 0 Å². The van der Waals surface area contributed by atoms with E-state index in [2.05, 4.69) is 84.0 Å². The number of anilines is 2. The van der Waals surface area contributed by atoms with Crippen LogP contribution in [0.15, 0.2) is 72.8 Å². The van der Waals surface area contributed by atoms with Gasteiger partial charge < -0.3 is 10.6 Å². The van der Waals surface area contributed by atoms with E-state index in [1.807, 2.05) is 12.1 Å². The van der Waals surface area contributed by atoms with Crippen LogP contribution in [-0.2, 0) is 0 Å². The lowest BCUT2D eigenvalue weighted by molar-refractivity contribution is -0.537. The monoisotopic (exact) mass is 342 g/mol. The maximum absolute atomic E-state index is 6.11. The Bertz CT molecular complexity index is 1070. The summed E-state index contributed by atoms with van der Waals surface area (Å²) >= 11 is 0. The maximum Gasteiger partial charge on any atom is 0.221 e. The number of hydrogen-bond donors (Lipinski definition) is 1. The predicted molar refractivity (Wildman–Crippen MR) is 111 cm³/mol. The highest BCUT2D eigenvalue weighted by Gasteiger charge is 2.19. The third-order valence-corrected chi connectivity index (χ3v) is 5.00. The second kappa shape index (κ2) is 6.68. The van der Waals surface area contributed by atoms with Crippen molar-refractivity contribution >= 4 is 33.2 Å². The van der Waals surface area contributed by atoms with Gasteiger partial charge in [0.25, 0.3) is 0 Å². The van der Waals surface area contributed by atoms with Crippen LogP contribution in [0.3, 0.4) is 0 Å². The van der Waals surface area contributed by atoms with E-state index in [1.54, 1.807) is 0 Å². The molecule has 3 aromatic carbocycles. The number of aromatic nitrogens is 1. The Balaban J connectivity index is 2.11. The smallest absolute Gasteiger partial charge is 0.221 e. The standard InChI is InChI=1S/C23H23N3/c1-3-25(4-2)21-13-11-18-14-17-10-12-19(24)15-22(17)26(23(18)16-21)20-8-6-5-7-9-20/h5-16,24H,3-4H2,1-2H3/p+1. The van der Waals surface area contributed by atoms with Crippen molar-refractivity contribution in [1.29, 1.82) is 0 Å². The number of fused-ring (bicyclic) bond motifs is 2. The van der Waals surface area contributed by atoms with Gasteiger partial charge in [0.15, 0.2) is 0 Å². The van der Waals surface area contributed by atoms with Crippen LogP contribution in [0.25, 0.3) is 27.5 Å². The Morgan fingerprint density at radius 1 is 0.769 bits per heavy atom. The third kappa shape index (κ3) is 2.76. The molecule has 130 valence electrons. The Labute approximate surface area is 154 Å². The van der Waals surface area contributed by atoms with Crippen LogP contribution >= 0.6 is 0 Å². The second-order valence-electron chi connectivity index (χ2n) is 6.55. The number of nitrogens with zero attached hydrogens (tertiary/aromatic N) is 2. The zero-order chi connectivity index (χ0) is 18.1. The van der Waals surface area contributed by atoms with Crippen LogP contribution in [0.1, 0.15) is 13.8 Å². The number of nitrogens with two attached hydrogens (primary N) is 1. The molecule has 0 unspecified atom stereocenters. The molecular formula is C23H24N3+. The molecular weight excluding hydrogens is 318 g/mol. The lowest BCUT2D eigenvalue weighted by Crippen LogP contribution is -2.33. The highest BCUT2D eigenvalue weighted by molar-refractivity contribution is 5.91. The molecule has 0 aliphatic rings. The Morgan fingerprint density at radius 3 is 2.12 bits per heavy atom. The minimum Gasteiger partial charge on any atom is -0.399 e. The zero-order valence-electron chi connectivity index (χ0n) is 15.3. The number of para-hydroxylation sites is 1. The molecule has 4 aromatic rings. The van der Waals surface area contributed by atoms with Gasteiger partial charge >= 0.3 is 0 Å². The minimum absolute atomic E-state index is 0.779. The summed E-state index contributed by atoms with van der Waals surface area (Å²) in [6.45, 7) is 6.38. The fourth-order valence-corrected chi connectivity index (χ4v) is 3.66. The van der Waals surface area contributed by atoms with Gasteiger partial charge in [0.2, 0.25) is 16.7 Å². The van der Waals surface area contributed by atoms with E-state index in [0.29, 0.717) is 0 Å². The molecule has 0 bridgehead atoms. The maximum atomic E-state index is 6.11. The quantitative estimate of drug-likeness (QED) is 0.331. The highest BCUT2D eigenvalue weighted by atomic mass is 15.1. The van der Waals surface area contributed by atoms with Crippen molar-refractivity contribution < 1.29 is 4.57 Å². The number of hydrogen-bond acceptors (Lipinski definition) is 2. The number of nitrogen functional groups attached to an aromatic ring is 1. The predicted octanol–water partition coefficient (Wildman–Crippen LogP) is 4.70. The van der Waals surface area contributed by atoms with Gasteiger partial charge in [-0.2, -0.15) is 4.57 Å². The molecule has 0 amide bonds. The summed E-state index contributed by atoms with van der Waals surface area (Å²) in [5.74, 6) is 0. The van der Waals surface area contributed by atoms with Gasteiger partial charge in [0.05, 0.1) is 0 Å². The van der Waals surface area contributed by atoms with Crippen molar-refractivity contribution in [2.45, 2.75) is 13.8 Å². The lowest BCUT2D eigenvalue weighted by atomic mass is 10.1. The van der Waals surface area contributed by atoms with E-state index in [-0.39, 0.29) is 0 Å². The molecule has 1 aromatic heterocycles. The van der Waals surface area contributed by atoms with Crippen LogP contribution in [-0.4, -0.2) is 13.1 Å². The van der Waals surface area contributed by atoms with Crippen LogP contribution in [0.2, 0.25) is 0 Å². The first-order valence-electron chi connectivity index (χ1n) is 9.19. The van der Waals surface area contributed by atoms with E-state index in [9.17, 15) is 0 Å². The first-order chi connectivity index (χ1) is 12.7. The summed E-state index contributed by atoms with van der Waals surface area (Å²) in [6.07, 6.45) is 0. The van der Waals surface area contributed by atoms with Crippen molar-refractivity contribution in [3.8, 4) is 5.69 Å². The second-order valence-corrected chi connectivity index (χ2v) is 6.55. The normalized spacial score (nSPS) is 11.2. The van der Waals surface area contributed by atoms with E-state index >= 15 is 0 Å². The van der Waals surface area contributed by atoms with Gasteiger partial charge in [0, 0.05) is 59.5 Å². The molecule has 3 nitrogen and oxygen atoms in total. The summed E-state index contributed by atoms with van der Waals surface area (Å²) < 4.78 is 2.31. The molecule has 0 atom stereocenters. The molecule has 4 rings (SSSR count). The van der Waals surface area contributed by atoms with Crippen molar-refractivity contribution in [2.24, 2.45) is 0 Å². The first kappa shape index (κ1) is 16.4. The van der Waals surface area contributed by atoms with Crippen molar-refractivity contribution in [2.75, 3.05) is 23.7 Å². The van der Waals surface area contributed by atoms with E-state index in [1.165, 1.54) is 22.0 Å². The van der Waals surface area contributed by atoms with Gasteiger partial charge in [-0.1, -0.05) is 18.2 Å². The highest BCUT2D eigenvalue weighted by Crippen LogP contribution is 2.26. The molecule has 0 aliphatic heterocycles. The fourth-order valence-electron chi connectivity index (χ4n) is 3.66. The van der Waals surface area contributed by atoms with E-state index in [4.69, 9.17) is 5.73 Å². The molecule has 0 spiro atoms. The Hall–Kier alpha value is -3.07. The largest absolute Gasteiger partial charge is 0.399 e. The van der Waals surface area contributed by atoms with Gasteiger partial charge in [-0.25, -0.2) is 0 Å². The summed E-state index contributed by atoms with van der Waals surface area (Å²) in [7, 11) is 0. The SMILES string of the molecule is CCN(CC)c1ccc2cc3ccc(N)cc3[n+](-c3ccccc3)c2c1. The first-order valence-corrected chi connectivity index (χ1v) is 9.19. The third-order valence-electron chi connectivity index (χ3n) is 5.00. The number of pyridine rings is 1. The summed E-state index contributed by atoms with van der Waals surface area (Å²) in [5, 5.41) is 2.41. The van der Waals surface area contributed by atoms with Crippen LogP contribution < -0.4 is 15.2 Å². The number of rotatable bonds is 4. The van der Waals surface area contributed by atoms with Crippen LogP contribution in [0.4, 0.5) is 11.4 Å². The molecule has 0 aliphatic carbocycles. The molecule has 0 saturated heterocycles. The van der Waals surface area contributed by atoms with Crippen molar-refractivity contribution in [3.05, 3.63) is 72.8 Å². The van der Waals surface area contributed by atoms with Crippen LogP contribution in [0, 0.1) is 0 Å². The molecule has 2 N–H and O–H groups in total. The minimum atomic E-state index is 0.779. The van der Waals surface area contributed by atoms with Crippen molar-refractivity contribution in [1.82, 2.24) is 0 Å². The summed E-state index contributed by atoms with van der Waals surface area (Å²) in [5.41, 5.74) is 11.6. The van der Waals surface area contributed by atoms with E-state index in [0.717, 1.165) is 30.0 Å². The van der Waals surface area contributed by atoms with Gasteiger partial charge in [0.1, 0.15) is 0 Å². The molecule has 1 heterocycles. The molecule has 26 heavy (non-hydrogen) atoms. The summed E-state index contributed by atoms with van der Waals surface area (Å²) in [6, 6.07) is 25.6. The van der Waals surface area contributed by atoms with Crippen molar-refractivity contribution in [3.63, 3.8) is 0 Å². The topological polar surface area (TPSA) is 33.1 Å². The Kier molecular flexibility index (Phi) is 4.21.